The van der Waals surface area contributed by atoms with Gasteiger partial charge in [-0.15, -0.1) is 0 Å². The molecule has 2 atom stereocenters. The number of alkyl carbamates (subject to hydrolysis) is 1. The molecule has 144 valence electrons. The topological polar surface area (TPSA) is 78.9 Å². The van der Waals surface area contributed by atoms with Crippen LogP contribution in [0.2, 0.25) is 0 Å². The molecule has 26 heavy (non-hydrogen) atoms. The number of benzene rings is 1. The first kappa shape index (κ1) is 19.9. The van der Waals surface area contributed by atoms with Crippen LogP contribution in [0.3, 0.4) is 0 Å². The Morgan fingerprint density at radius 2 is 1.92 bits per heavy atom. The van der Waals surface area contributed by atoms with E-state index in [1.807, 2.05) is 0 Å². The molecule has 1 saturated heterocycles. The minimum atomic E-state index is -1.18. The molecule has 0 radical (unpaired) electrons. The van der Waals surface area contributed by atoms with Gasteiger partial charge in [0.25, 0.3) is 0 Å². The third kappa shape index (κ3) is 5.31. The van der Waals surface area contributed by atoms with Gasteiger partial charge < -0.3 is 20.1 Å². The average molecular weight is 370 g/mol. The third-order valence-corrected chi connectivity index (χ3v) is 4.16. The number of nitrogens with zero attached hydrogens (tertiary/aromatic N) is 1. The van der Waals surface area contributed by atoms with Crippen LogP contribution in [0.25, 0.3) is 0 Å². The van der Waals surface area contributed by atoms with E-state index >= 15 is 0 Å². The SMILES string of the molecule is CC(C)(C)OC(=O)N[C@@H]1CC[C@@H](c2cccc(F)c2F)CN(C(=O)O)C1. The van der Waals surface area contributed by atoms with Crippen LogP contribution >= 0.6 is 0 Å². The van der Waals surface area contributed by atoms with E-state index in [9.17, 15) is 23.5 Å². The molecule has 8 heteroatoms. The Morgan fingerprint density at radius 1 is 1.23 bits per heavy atom. The number of amides is 2. The number of likely N-dealkylation sites (tertiary alicyclic amines) is 1. The van der Waals surface area contributed by atoms with Crippen molar-refractivity contribution in [3.05, 3.63) is 35.4 Å². The smallest absolute Gasteiger partial charge is 0.407 e. The fraction of sp³-hybridized carbons (Fsp3) is 0.556. The van der Waals surface area contributed by atoms with Crippen LogP contribution in [0.4, 0.5) is 18.4 Å². The second kappa shape index (κ2) is 7.88. The molecule has 1 fully saturated rings. The van der Waals surface area contributed by atoms with Gasteiger partial charge in [0.15, 0.2) is 11.6 Å². The van der Waals surface area contributed by atoms with E-state index < -0.39 is 41.4 Å². The number of rotatable bonds is 2. The molecule has 1 heterocycles. The van der Waals surface area contributed by atoms with Gasteiger partial charge in [-0.3, -0.25) is 0 Å². The van der Waals surface area contributed by atoms with Crippen molar-refractivity contribution in [3.8, 4) is 0 Å². The van der Waals surface area contributed by atoms with Gasteiger partial charge in [-0.2, -0.15) is 0 Å². The summed E-state index contributed by atoms with van der Waals surface area (Å²) in [6.45, 7) is 5.27. The van der Waals surface area contributed by atoms with Crippen molar-refractivity contribution in [1.82, 2.24) is 10.2 Å². The summed E-state index contributed by atoms with van der Waals surface area (Å²) in [5, 5.41) is 12.1. The Bertz CT molecular complexity index is 676. The molecule has 0 aliphatic carbocycles. The molecule has 1 aliphatic rings. The molecule has 1 aromatic carbocycles. The Hall–Kier alpha value is -2.38. The molecule has 0 spiro atoms. The van der Waals surface area contributed by atoms with Crippen LogP contribution in [0.1, 0.15) is 45.1 Å². The predicted molar refractivity (Wildman–Crippen MR) is 91.1 cm³/mol. The summed E-state index contributed by atoms with van der Waals surface area (Å²) in [4.78, 5) is 24.6. The number of carboxylic acid groups (broad SMARTS) is 1. The van der Waals surface area contributed by atoms with E-state index in [1.54, 1.807) is 20.8 Å². The van der Waals surface area contributed by atoms with Crippen LogP contribution in [-0.2, 0) is 4.74 Å². The number of carbonyl (C=O) groups is 2. The molecule has 2 rings (SSSR count). The normalized spacial score (nSPS) is 21.0. The van der Waals surface area contributed by atoms with Gasteiger partial charge in [0.2, 0.25) is 0 Å². The van der Waals surface area contributed by atoms with Gasteiger partial charge in [0, 0.05) is 25.0 Å². The molecule has 1 aliphatic heterocycles. The van der Waals surface area contributed by atoms with Crippen LogP contribution in [0, 0.1) is 11.6 Å². The number of hydrogen-bond donors (Lipinski definition) is 2. The lowest BCUT2D eigenvalue weighted by molar-refractivity contribution is 0.0491. The summed E-state index contributed by atoms with van der Waals surface area (Å²) in [5.41, 5.74) is -0.525. The van der Waals surface area contributed by atoms with Crippen molar-refractivity contribution in [3.63, 3.8) is 0 Å². The lowest BCUT2D eigenvalue weighted by Gasteiger charge is -2.25. The van der Waals surface area contributed by atoms with Gasteiger partial charge >= 0.3 is 12.2 Å². The van der Waals surface area contributed by atoms with Crippen LogP contribution in [0.15, 0.2) is 18.2 Å². The predicted octanol–water partition coefficient (Wildman–Crippen LogP) is 3.72. The maximum absolute atomic E-state index is 14.1. The summed E-state index contributed by atoms with van der Waals surface area (Å²) in [6, 6.07) is 3.42. The van der Waals surface area contributed by atoms with Gasteiger partial charge in [0.1, 0.15) is 5.60 Å². The van der Waals surface area contributed by atoms with E-state index in [0.717, 1.165) is 11.0 Å². The highest BCUT2D eigenvalue weighted by Gasteiger charge is 2.31. The highest BCUT2D eigenvalue weighted by Crippen LogP contribution is 2.29. The van der Waals surface area contributed by atoms with Crippen LogP contribution < -0.4 is 5.32 Å². The van der Waals surface area contributed by atoms with Gasteiger partial charge in [-0.25, -0.2) is 18.4 Å². The Labute approximate surface area is 151 Å². The summed E-state index contributed by atoms with van der Waals surface area (Å²) < 4.78 is 32.8. The lowest BCUT2D eigenvalue weighted by Crippen LogP contribution is -2.46. The number of hydrogen-bond acceptors (Lipinski definition) is 3. The molecular weight excluding hydrogens is 346 g/mol. The zero-order valence-corrected chi connectivity index (χ0v) is 15.1. The minimum Gasteiger partial charge on any atom is -0.465 e. The van der Waals surface area contributed by atoms with E-state index in [1.165, 1.54) is 12.1 Å². The number of halogens is 2. The third-order valence-electron chi connectivity index (χ3n) is 4.16. The average Bonchev–Trinajstić information content (AvgIpc) is 2.71. The number of nitrogens with one attached hydrogen (secondary N) is 1. The van der Waals surface area contributed by atoms with Crippen molar-refractivity contribution in [2.24, 2.45) is 0 Å². The molecule has 2 N–H and O–H groups in total. The van der Waals surface area contributed by atoms with E-state index in [-0.39, 0.29) is 18.7 Å². The van der Waals surface area contributed by atoms with Crippen molar-refractivity contribution < 1.29 is 28.2 Å². The Kier molecular flexibility index (Phi) is 6.05. The molecule has 1 aromatic rings. The van der Waals surface area contributed by atoms with Crippen LogP contribution in [0.5, 0.6) is 0 Å². The minimum absolute atomic E-state index is 0.0300. The number of ether oxygens (including phenoxy) is 1. The van der Waals surface area contributed by atoms with E-state index in [0.29, 0.717) is 12.8 Å². The largest absolute Gasteiger partial charge is 0.465 e. The maximum Gasteiger partial charge on any atom is 0.407 e. The summed E-state index contributed by atoms with van der Waals surface area (Å²) in [6.07, 6.45) is -0.984. The fourth-order valence-electron chi connectivity index (χ4n) is 3.03. The van der Waals surface area contributed by atoms with Gasteiger partial charge in [0.05, 0.1) is 0 Å². The molecular formula is C18H24F2N2O4. The molecule has 2 amide bonds. The first-order valence-electron chi connectivity index (χ1n) is 8.48. The van der Waals surface area contributed by atoms with E-state index in [4.69, 9.17) is 4.74 Å². The molecule has 0 bridgehead atoms. The Balaban J connectivity index is 2.14. The summed E-state index contributed by atoms with van der Waals surface area (Å²) >= 11 is 0. The zero-order valence-electron chi connectivity index (χ0n) is 15.1. The van der Waals surface area contributed by atoms with Crippen molar-refractivity contribution in [2.75, 3.05) is 13.1 Å². The standard InChI is InChI=1S/C18H24F2N2O4/c1-18(2,3)26-16(23)21-12-8-7-11(9-22(10-12)17(24)25)13-5-4-6-14(19)15(13)20/h4-6,11-12H,7-10H2,1-3H3,(H,21,23)(H,24,25)/t11-,12-/m1/s1. The molecule has 0 saturated carbocycles. The van der Waals surface area contributed by atoms with E-state index in [2.05, 4.69) is 5.32 Å². The lowest BCUT2D eigenvalue weighted by atomic mass is 9.93. The molecule has 0 aromatic heterocycles. The molecule has 6 nitrogen and oxygen atoms in total. The molecule has 0 unspecified atom stereocenters. The first-order chi connectivity index (χ1) is 12.1. The quantitative estimate of drug-likeness (QED) is 0.832. The van der Waals surface area contributed by atoms with Gasteiger partial charge in [-0.1, -0.05) is 12.1 Å². The monoisotopic (exact) mass is 370 g/mol. The van der Waals surface area contributed by atoms with Crippen molar-refractivity contribution in [2.45, 2.75) is 51.2 Å². The Morgan fingerprint density at radius 3 is 2.54 bits per heavy atom. The van der Waals surface area contributed by atoms with Crippen LogP contribution in [-0.4, -0.2) is 46.9 Å². The zero-order chi connectivity index (χ0) is 19.5. The summed E-state index contributed by atoms with van der Waals surface area (Å²) in [7, 11) is 0. The van der Waals surface area contributed by atoms with Crippen molar-refractivity contribution >= 4 is 12.2 Å². The second-order valence-corrected chi connectivity index (χ2v) is 7.45. The van der Waals surface area contributed by atoms with Gasteiger partial charge in [-0.05, 0) is 45.2 Å². The second-order valence-electron chi connectivity index (χ2n) is 7.45. The first-order valence-corrected chi connectivity index (χ1v) is 8.48. The maximum atomic E-state index is 14.1. The highest BCUT2D eigenvalue weighted by atomic mass is 19.2. The van der Waals surface area contributed by atoms with Crippen molar-refractivity contribution in [1.29, 1.82) is 0 Å². The number of carbonyl (C=O) groups excluding carboxylic acids is 1. The fourth-order valence-corrected chi connectivity index (χ4v) is 3.03. The summed E-state index contributed by atoms with van der Waals surface area (Å²) in [5.74, 6) is -2.41. The highest BCUT2D eigenvalue weighted by molar-refractivity contribution is 5.69.